The van der Waals surface area contributed by atoms with Gasteiger partial charge in [-0.25, -0.2) is 4.79 Å². The van der Waals surface area contributed by atoms with Gasteiger partial charge < -0.3 is 19.7 Å². The molecule has 1 aromatic rings. The molecule has 1 atom stereocenters. The number of furan rings is 1. The summed E-state index contributed by atoms with van der Waals surface area (Å²) >= 11 is 0. The summed E-state index contributed by atoms with van der Waals surface area (Å²) in [5, 5.41) is 11.5. The van der Waals surface area contributed by atoms with Gasteiger partial charge in [0, 0.05) is 19.2 Å². The van der Waals surface area contributed by atoms with Gasteiger partial charge in [0.05, 0.1) is 5.56 Å². The summed E-state index contributed by atoms with van der Waals surface area (Å²) in [5.41, 5.74) is -0.0871. The van der Waals surface area contributed by atoms with E-state index in [0.717, 1.165) is 6.26 Å². The van der Waals surface area contributed by atoms with E-state index in [-0.39, 0.29) is 23.1 Å². The van der Waals surface area contributed by atoms with Crippen molar-refractivity contribution in [3.05, 3.63) is 23.7 Å². The van der Waals surface area contributed by atoms with Gasteiger partial charge in [0.1, 0.15) is 12.3 Å². The number of rotatable bonds is 3. The molecule has 1 saturated heterocycles. The molecule has 2 amide bonds. The largest absolute Gasteiger partial charge is 0.478 e. The number of carbonyl (C=O) groups excluding carboxylic acids is 2. The first-order valence-electron chi connectivity index (χ1n) is 6.32. The van der Waals surface area contributed by atoms with E-state index in [0.29, 0.717) is 13.1 Å². The number of hydrogen-bond donors (Lipinski definition) is 2. The van der Waals surface area contributed by atoms with Crippen LogP contribution in [0, 0.1) is 5.92 Å². The number of amides is 2. The average Bonchev–Trinajstić information content (AvgIpc) is 2.86. The molecule has 0 saturated carbocycles. The first kappa shape index (κ1) is 14.1. The van der Waals surface area contributed by atoms with Crippen LogP contribution in [0.1, 0.15) is 34.8 Å². The zero-order chi connectivity index (χ0) is 14.9. The molecule has 2 rings (SSSR count). The Kier molecular flexibility index (Phi) is 3.78. The number of nitrogens with one attached hydrogen (secondary N) is 1. The van der Waals surface area contributed by atoms with Gasteiger partial charge in [-0.3, -0.25) is 9.59 Å². The van der Waals surface area contributed by atoms with Crippen molar-refractivity contribution in [3.63, 3.8) is 0 Å². The van der Waals surface area contributed by atoms with Crippen molar-refractivity contribution in [1.82, 2.24) is 10.2 Å². The number of carboxylic acids is 1. The van der Waals surface area contributed by atoms with Gasteiger partial charge in [0.2, 0.25) is 5.91 Å². The second-order valence-corrected chi connectivity index (χ2v) is 4.98. The maximum atomic E-state index is 12.4. The molecule has 1 unspecified atom stereocenters. The normalized spacial score (nSPS) is 19.1. The molecule has 2 N–H and O–H groups in total. The Labute approximate surface area is 115 Å². The summed E-state index contributed by atoms with van der Waals surface area (Å²) in [6, 6.07) is 0.601. The minimum absolute atomic E-state index is 0.0480. The van der Waals surface area contributed by atoms with Crippen molar-refractivity contribution in [2.75, 3.05) is 13.1 Å². The highest BCUT2D eigenvalue weighted by Crippen LogP contribution is 2.18. The van der Waals surface area contributed by atoms with Gasteiger partial charge in [0.15, 0.2) is 5.76 Å². The number of carbonyl (C=O) groups is 3. The number of aromatic carboxylic acids is 1. The minimum Gasteiger partial charge on any atom is -0.478 e. The van der Waals surface area contributed by atoms with Crippen molar-refractivity contribution in [2.24, 2.45) is 5.92 Å². The fourth-order valence-corrected chi connectivity index (χ4v) is 2.28. The molecular weight excluding hydrogens is 264 g/mol. The number of nitrogens with zero attached hydrogens (tertiary/aromatic N) is 1. The molecule has 0 aliphatic carbocycles. The Morgan fingerprint density at radius 1 is 1.50 bits per heavy atom. The summed E-state index contributed by atoms with van der Waals surface area (Å²) in [4.78, 5) is 36.4. The summed E-state index contributed by atoms with van der Waals surface area (Å²) < 4.78 is 5.00. The van der Waals surface area contributed by atoms with Gasteiger partial charge in [-0.2, -0.15) is 0 Å². The smallest absolute Gasteiger partial charge is 0.338 e. The van der Waals surface area contributed by atoms with Gasteiger partial charge in [-0.05, 0) is 5.92 Å². The highest BCUT2D eigenvalue weighted by Gasteiger charge is 2.36. The zero-order valence-corrected chi connectivity index (χ0v) is 11.3. The van der Waals surface area contributed by atoms with E-state index < -0.39 is 17.9 Å². The van der Waals surface area contributed by atoms with Crippen molar-refractivity contribution in [3.8, 4) is 0 Å². The van der Waals surface area contributed by atoms with E-state index in [4.69, 9.17) is 9.52 Å². The Balaban J connectivity index is 2.25. The fraction of sp³-hybridized carbons (Fsp3) is 0.462. The topological polar surface area (TPSA) is 99.9 Å². The second kappa shape index (κ2) is 5.36. The molecular formula is C13H16N2O5. The van der Waals surface area contributed by atoms with Crippen molar-refractivity contribution >= 4 is 17.8 Å². The zero-order valence-electron chi connectivity index (χ0n) is 11.3. The predicted molar refractivity (Wildman–Crippen MR) is 68.3 cm³/mol. The number of piperazine rings is 1. The summed E-state index contributed by atoms with van der Waals surface area (Å²) in [5.74, 6) is -1.95. The highest BCUT2D eigenvalue weighted by atomic mass is 16.4. The molecule has 0 radical (unpaired) electrons. The van der Waals surface area contributed by atoms with Crippen molar-refractivity contribution in [2.45, 2.75) is 19.9 Å². The molecule has 1 fully saturated rings. The van der Waals surface area contributed by atoms with E-state index >= 15 is 0 Å². The van der Waals surface area contributed by atoms with Crippen LogP contribution in [0.4, 0.5) is 0 Å². The minimum atomic E-state index is -1.16. The van der Waals surface area contributed by atoms with Crippen LogP contribution in [0.5, 0.6) is 0 Å². The third-order valence-corrected chi connectivity index (χ3v) is 3.21. The molecule has 1 aromatic heterocycles. The molecule has 2 heterocycles. The Hall–Kier alpha value is -2.31. The van der Waals surface area contributed by atoms with Crippen LogP contribution in [0.25, 0.3) is 0 Å². The van der Waals surface area contributed by atoms with Crippen molar-refractivity contribution in [1.29, 1.82) is 0 Å². The van der Waals surface area contributed by atoms with Crippen molar-refractivity contribution < 1.29 is 23.9 Å². The molecule has 7 heteroatoms. The third-order valence-electron chi connectivity index (χ3n) is 3.21. The fourth-order valence-electron chi connectivity index (χ4n) is 2.28. The standard InChI is InChI=1S/C13H16N2O5/c1-7(2)10-11(16)14-3-4-15(10)12(17)9-5-8(6-20-9)13(18)19/h5-7,10H,3-4H2,1-2H3,(H,14,16)(H,18,19). The van der Waals surface area contributed by atoms with Gasteiger partial charge in [-0.15, -0.1) is 0 Å². The van der Waals surface area contributed by atoms with Crippen LogP contribution in [0.2, 0.25) is 0 Å². The number of carboxylic acid groups (broad SMARTS) is 1. The third kappa shape index (κ3) is 2.52. The van der Waals surface area contributed by atoms with Crippen LogP contribution in [0.3, 0.4) is 0 Å². The lowest BCUT2D eigenvalue weighted by Gasteiger charge is -2.36. The van der Waals surface area contributed by atoms with E-state index in [2.05, 4.69) is 5.32 Å². The summed E-state index contributed by atoms with van der Waals surface area (Å²) in [6.07, 6.45) is 1.02. The Morgan fingerprint density at radius 2 is 2.20 bits per heavy atom. The monoisotopic (exact) mass is 280 g/mol. The lowest BCUT2D eigenvalue weighted by Crippen LogP contribution is -2.59. The van der Waals surface area contributed by atoms with E-state index in [1.807, 2.05) is 13.8 Å². The summed E-state index contributed by atoms with van der Waals surface area (Å²) in [6.45, 7) is 4.44. The molecule has 108 valence electrons. The maximum absolute atomic E-state index is 12.4. The Morgan fingerprint density at radius 3 is 2.75 bits per heavy atom. The predicted octanol–water partition coefficient (Wildman–Crippen LogP) is 0.574. The van der Waals surface area contributed by atoms with Crippen LogP contribution in [-0.4, -0.2) is 46.9 Å². The van der Waals surface area contributed by atoms with E-state index in [1.54, 1.807) is 0 Å². The van der Waals surface area contributed by atoms with Gasteiger partial charge in [-0.1, -0.05) is 13.8 Å². The SMILES string of the molecule is CC(C)C1C(=O)NCCN1C(=O)c1cc(C(=O)O)co1. The average molecular weight is 280 g/mol. The van der Waals surface area contributed by atoms with Crippen LogP contribution in [0.15, 0.2) is 16.7 Å². The lowest BCUT2D eigenvalue weighted by molar-refractivity contribution is -0.129. The lowest BCUT2D eigenvalue weighted by atomic mass is 9.99. The van der Waals surface area contributed by atoms with Gasteiger partial charge in [0.25, 0.3) is 5.91 Å². The molecule has 20 heavy (non-hydrogen) atoms. The Bertz CT molecular complexity index is 549. The quantitative estimate of drug-likeness (QED) is 0.843. The van der Waals surface area contributed by atoms with E-state index in [1.165, 1.54) is 11.0 Å². The van der Waals surface area contributed by atoms with Crippen LogP contribution in [-0.2, 0) is 4.79 Å². The molecule has 0 aromatic carbocycles. The summed E-state index contributed by atoms with van der Waals surface area (Å²) in [7, 11) is 0. The highest BCUT2D eigenvalue weighted by molar-refractivity contribution is 5.98. The molecule has 7 nitrogen and oxygen atoms in total. The molecule has 1 aliphatic heterocycles. The van der Waals surface area contributed by atoms with E-state index in [9.17, 15) is 14.4 Å². The second-order valence-electron chi connectivity index (χ2n) is 4.98. The van der Waals surface area contributed by atoms with Crippen LogP contribution < -0.4 is 5.32 Å². The van der Waals surface area contributed by atoms with Gasteiger partial charge >= 0.3 is 5.97 Å². The van der Waals surface area contributed by atoms with Crippen LogP contribution >= 0.6 is 0 Å². The molecule has 1 aliphatic rings. The first-order chi connectivity index (χ1) is 9.41. The number of hydrogen-bond acceptors (Lipinski definition) is 4. The molecule has 0 bridgehead atoms. The molecule has 0 spiro atoms. The first-order valence-corrected chi connectivity index (χ1v) is 6.32. The maximum Gasteiger partial charge on any atom is 0.338 e.